The van der Waals surface area contributed by atoms with Gasteiger partial charge in [0.2, 0.25) is 0 Å². The highest BCUT2D eigenvalue weighted by Crippen LogP contribution is 2.51. The lowest BCUT2D eigenvalue weighted by molar-refractivity contribution is -0.104. The van der Waals surface area contributed by atoms with Crippen LogP contribution in [0.5, 0.6) is 0 Å². The highest BCUT2D eigenvalue weighted by molar-refractivity contribution is 5.63. The molecule has 0 aromatic heterocycles. The number of unbranched alkanes of at least 4 members (excludes halogenated alkanes) is 2. The Labute approximate surface area is 206 Å². The summed E-state index contributed by atoms with van der Waals surface area (Å²) in [5.74, 6) is 7.68. The van der Waals surface area contributed by atoms with Gasteiger partial charge in [0.1, 0.15) is 6.29 Å². The van der Waals surface area contributed by atoms with E-state index in [9.17, 15) is 0 Å². The molecule has 0 aliphatic heterocycles. The second-order valence-electron chi connectivity index (χ2n) is 12.2. The normalized spacial score (nSPS) is 39.0. The molecule has 190 valence electrons. The molecule has 0 radical (unpaired) electrons. The Hall–Kier alpha value is -0.630. The lowest BCUT2D eigenvalue weighted by atomic mass is 9.59. The number of nitrogens with one attached hydrogen (secondary N) is 1. The zero-order valence-electron chi connectivity index (χ0n) is 22.1. The van der Waals surface area contributed by atoms with Crippen LogP contribution in [0.3, 0.4) is 0 Å². The third-order valence-corrected chi connectivity index (χ3v) is 10.4. The first-order valence-electron chi connectivity index (χ1n) is 14.9. The van der Waals surface area contributed by atoms with E-state index in [4.69, 9.17) is 4.79 Å². The molecule has 0 spiro atoms. The molecule has 4 aliphatic rings. The maximum Gasteiger partial charge on any atom is 0.142 e. The molecule has 0 aromatic carbocycles. The zero-order chi connectivity index (χ0) is 23.5. The fourth-order valence-corrected chi connectivity index (χ4v) is 8.33. The number of fused-ring (bicyclic) bond motifs is 1. The van der Waals surface area contributed by atoms with Crippen LogP contribution in [0.15, 0.2) is 12.7 Å². The Morgan fingerprint density at radius 2 is 1.12 bits per heavy atom. The molecular formula is C31H55NO. The van der Waals surface area contributed by atoms with Crippen molar-refractivity contribution in [3.8, 4) is 0 Å². The van der Waals surface area contributed by atoms with Gasteiger partial charge >= 0.3 is 0 Å². The quantitative estimate of drug-likeness (QED) is 0.225. The highest BCUT2D eigenvalue weighted by Gasteiger charge is 2.40. The van der Waals surface area contributed by atoms with Crippen molar-refractivity contribution in [3.05, 3.63) is 12.7 Å². The largest absolute Gasteiger partial charge is 0.317 e. The van der Waals surface area contributed by atoms with Crippen LogP contribution >= 0.6 is 0 Å². The van der Waals surface area contributed by atoms with Gasteiger partial charge in [-0.05, 0) is 132 Å². The smallest absolute Gasteiger partial charge is 0.142 e. The van der Waals surface area contributed by atoms with Crippen molar-refractivity contribution in [2.24, 2.45) is 41.4 Å². The Morgan fingerprint density at radius 1 is 0.697 bits per heavy atom. The summed E-state index contributed by atoms with van der Waals surface area (Å²) in [6.07, 6.45) is 29.5. The summed E-state index contributed by atoms with van der Waals surface area (Å²) in [7, 11) is 2.16. The minimum atomic E-state index is 0.639. The minimum absolute atomic E-state index is 0.639. The van der Waals surface area contributed by atoms with Gasteiger partial charge in [-0.3, -0.25) is 4.79 Å². The number of aldehydes is 1. The van der Waals surface area contributed by atoms with Crippen LogP contribution in [0.25, 0.3) is 0 Å². The van der Waals surface area contributed by atoms with Gasteiger partial charge in [0, 0.05) is 6.04 Å². The van der Waals surface area contributed by atoms with Crippen molar-refractivity contribution in [1.82, 2.24) is 5.32 Å². The van der Waals surface area contributed by atoms with Crippen molar-refractivity contribution in [1.29, 1.82) is 0 Å². The Balaban J connectivity index is 0.000000709. The van der Waals surface area contributed by atoms with Gasteiger partial charge in [-0.15, -0.1) is 0 Å². The van der Waals surface area contributed by atoms with Crippen LogP contribution in [-0.2, 0) is 4.79 Å². The van der Waals surface area contributed by atoms with E-state index in [-0.39, 0.29) is 0 Å². The number of hydrogen-bond donors (Lipinski definition) is 1. The molecule has 0 bridgehead atoms. The molecule has 0 amide bonds. The van der Waals surface area contributed by atoms with E-state index in [1.54, 1.807) is 64.2 Å². The van der Waals surface area contributed by atoms with Gasteiger partial charge in [-0.25, -0.2) is 0 Å². The number of allylic oxidation sites excluding steroid dienone is 1. The van der Waals surface area contributed by atoms with Crippen LogP contribution in [0.4, 0.5) is 0 Å². The van der Waals surface area contributed by atoms with Gasteiger partial charge in [-0.1, -0.05) is 52.0 Å². The third kappa shape index (κ3) is 8.22. The number of hydrogen-bond acceptors (Lipinski definition) is 2. The second kappa shape index (κ2) is 14.7. The third-order valence-electron chi connectivity index (χ3n) is 10.4. The fourth-order valence-electron chi connectivity index (χ4n) is 8.33. The Bertz CT molecular complexity index is 537. The summed E-state index contributed by atoms with van der Waals surface area (Å²) in [4.78, 5) is 9.06. The molecule has 4 rings (SSSR count). The first-order valence-corrected chi connectivity index (χ1v) is 14.9. The van der Waals surface area contributed by atoms with Gasteiger partial charge in [0.25, 0.3) is 0 Å². The van der Waals surface area contributed by atoms with Gasteiger partial charge in [0.05, 0.1) is 0 Å². The summed E-state index contributed by atoms with van der Waals surface area (Å²) >= 11 is 0. The molecular weight excluding hydrogens is 402 g/mol. The van der Waals surface area contributed by atoms with Gasteiger partial charge in [0.15, 0.2) is 0 Å². The standard InChI is InChI=1S/C28H51N.C3H4O/c1-3-4-5-6-21-7-9-22(10-8-21)24-11-13-27-20-25(12-14-26(27)19-24)23-15-17-28(29-2)18-16-23;1-2-3-4/h21-29H,3-20H2,1-2H3;2-3H,1H2. The van der Waals surface area contributed by atoms with E-state index < -0.39 is 0 Å². The van der Waals surface area contributed by atoms with Gasteiger partial charge in [-0.2, -0.15) is 0 Å². The van der Waals surface area contributed by atoms with Crippen molar-refractivity contribution in [2.45, 2.75) is 129 Å². The van der Waals surface area contributed by atoms with Crippen molar-refractivity contribution < 1.29 is 4.79 Å². The first kappa shape index (κ1) is 27.0. The lowest BCUT2D eigenvalue weighted by Gasteiger charge is -2.47. The minimum Gasteiger partial charge on any atom is -0.317 e. The zero-order valence-corrected chi connectivity index (χ0v) is 22.1. The predicted molar refractivity (Wildman–Crippen MR) is 142 cm³/mol. The summed E-state index contributed by atoms with van der Waals surface area (Å²) in [6, 6.07) is 0.819. The van der Waals surface area contributed by atoms with Crippen LogP contribution in [-0.4, -0.2) is 19.4 Å². The Kier molecular flexibility index (Phi) is 12.0. The molecule has 1 N–H and O–H groups in total. The lowest BCUT2D eigenvalue weighted by Crippen LogP contribution is -2.38. The summed E-state index contributed by atoms with van der Waals surface area (Å²) in [6.45, 7) is 5.45. The average molecular weight is 458 g/mol. The summed E-state index contributed by atoms with van der Waals surface area (Å²) < 4.78 is 0. The first-order chi connectivity index (χ1) is 16.2. The molecule has 4 aliphatic carbocycles. The molecule has 33 heavy (non-hydrogen) atoms. The van der Waals surface area contributed by atoms with Crippen molar-refractivity contribution in [2.75, 3.05) is 7.05 Å². The molecule has 2 heteroatoms. The SMILES string of the molecule is C=CC=O.CCCCCC1CCC(C2CCC3CC(C4CCC(NC)CC4)CCC3C2)CC1. The molecule has 0 heterocycles. The molecule has 0 aromatic rings. The van der Waals surface area contributed by atoms with E-state index in [1.807, 2.05) is 0 Å². The van der Waals surface area contributed by atoms with E-state index in [1.165, 1.54) is 57.4 Å². The average Bonchev–Trinajstić information content (AvgIpc) is 2.89. The number of rotatable bonds is 8. The van der Waals surface area contributed by atoms with Gasteiger partial charge < -0.3 is 5.32 Å². The van der Waals surface area contributed by atoms with Crippen LogP contribution in [0.2, 0.25) is 0 Å². The number of carbonyl (C=O) groups excluding carboxylic acids is 1. The molecule has 0 saturated heterocycles. The van der Waals surface area contributed by atoms with Crippen molar-refractivity contribution in [3.63, 3.8) is 0 Å². The van der Waals surface area contributed by atoms with E-state index in [0.29, 0.717) is 6.29 Å². The molecule has 4 atom stereocenters. The summed E-state index contributed by atoms with van der Waals surface area (Å²) in [5.41, 5.74) is 0. The maximum atomic E-state index is 9.06. The molecule has 2 nitrogen and oxygen atoms in total. The van der Waals surface area contributed by atoms with Crippen molar-refractivity contribution >= 4 is 6.29 Å². The second-order valence-corrected chi connectivity index (χ2v) is 12.2. The predicted octanol–water partition coefficient (Wildman–Crippen LogP) is 8.36. The van der Waals surface area contributed by atoms with E-state index in [2.05, 4.69) is 25.9 Å². The molecule has 4 unspecified atom stereocenters. The highest BCUT2D eigenvalue weighted by atomic mass is 16.1. The maximum absolute atomic E-state index is 9.06. The molecule has 4 saturated carbocycles. The van der Waals surface area contributed by atoms with Crippen LogP contribution < -0.4 is 5.32 Å². The molecule has 4 fully saturated rings. The monoisotopic (exact) mass is 457 g/mol. The number of carbonyl (C=O) groups is 1. The van der Waals surface area contributed by atoms with E-state index in [0.717, 1.165) is 47.5 Å². The van der Waals surface area contributed by atoms with Crippen LogP contribution in [0.1, 0.15) is 122 Å². The topological polar surface area (TPSA) is 29.1 Å². The fraction of sp³-hybridized carbons (Fsp3) is 0.903. The summed E-state index contributed by atoms with van der Waals surface area (Å²) in [5, 5.41) is 3.52. The Morgan fingerprint density at radius 3 is 1.55 bits per heavy atom. The van der Waals surface area contributed by atoms with Crippen LogP contribution in [0, 0.1) is 41.4 Å². The van der Waals surface area contributed by atoms with E-state index >= 15 is 0 Å².